The minimum atomic E-state index is -3.67. The number of nitrogens with two attached hydrogens (primary N) is 1. The summed E-state index contributed by atoms with van der Waals surface area (Å²) in [6.07, 6.45) is 4.18. The van der Waals surface area contributed by atoms with Gasteiger partial charge >= 0.3 is 0 Å². The van der Waals surface area contributed by atoms with E-state index in [1.165, 1.54) is 25.0 Å². The first-order chi connectivity index (χ1) is 12.9. The van der Waals surface area contributed by atoms with Crippen molar-refractivity contribution in [1.29, 1.82) is 0 Å². The van der Waals surface area contributed by atoms with Crippen molar-refractivity contribution in [2.45, 2.75) is 24.3 Å². The summed E-state index contributed by atoms with van der Waals surface area (Å²) in [5.41, 5.74) is 2.76. The highest BCUT2D eigenvalue weighted by Crippen LogP contribution is 2.29. The van der Waals surface area contributed by atoms with Gasteiger partial charge in [-0.05, 0) is 30.5 Å². The first-order valence-corrected chi connectivity index (χ1v) is 10.4. The molecule has 0 saturated carbocycles. The molecule has 1 fully saturated rings. The third kappa shape index (κ3) is 3.60. The molecule has 1 aliphatic rings. The summed E-state index contributed by atoms with van der Waals surface area (Å²) >= 11 is 0. The van der Waals surface area contributed by atoms with Gasteiger partial charge in [-0.15, -0.1) is 0 Å². The van der Waals surface area contributed by atoms with Gasteiger partial charge in [-0.2, -0.15) is 5.10 Å². The van der Waals surface area contributed by atoms with E-state index in [0.717, 1.165) is 41.2 Å². The van der Waals surface area contributed by atoms with Crippen LogP contribution >= 0.6 is 0 Å². The van der Waals surface area contributed by atoms with E-state index in [1.807, 2.05) is 13.2 Å². The number of primary sulfonamides is 1. The average molecular weight is 386 g/mol. The molecule has 27 heavy (non-hydrogen) atoms. The average Bonchev–Trinajstić information content (AvgIpc) is 3.30. The van der Waals surface area contributed by atoms with Crippen LogP contribution in [-0.4, -0.2) is 36.3 Å². The van der Waals surface area contributed by atoms with Crippen molar-refractivity contribution in [3.63, 3.8) is 0 Å². The summed E-state index contributed by atoms with van der Waals surface area (Å²) in [4.78, 5) is 7.18. The largest absolute Gasteiger partial charge is 0.380 e. The summed E-state index contributed by atoms with van der Waals surface area (Å²) in [6.45, 7) is 2.59. The highest BCUT2D eigenvalue weighted by Gasteiger charge is 2.17. The van der Waals surface area contributed by atoms with Gasteiger partial charge in [0.25, 0.3) is 0 Å². The SMILES string of the molecule is Cn1ncc2c(NCc3ccc(S(N)(=O)=O)cc3)cc(N3CCCC3)nc21. The Hall–Kier alpha value is -2.65. The molecule has 2 aromatic heterocycles. The lowest BCUT2D eigenvalue weighted by Crippen LogP contribution is -2.19. The molecule has 1 aliphatic heterocycles. The zero-order valence-corrected chi connectivity index (χ0v) is 15.9. The van der Waals surface area contributed by atoms with Gasteiger partial charge in [0.2, 0.25) is 10.0 Å². The van der Waals surface area contributed by atoms with Gasteiger partial charge < -0.3 is 10.2 Å². The molecule has 9 heteroatoms. The molecule has 0 atom stereocenters. The fourth-order valence-electron chi connectivity index (χ4n) is 3.35. The zero-order chi connectivity index (χ0) is 19.0. The van der Waals surface area contributed by atoms with Crippen molar-refractivity contribution in [3.05, 3.63) is 42.1 Å². The zero-order valence-electron chi connectivity index (χ0n) is 15.1. The highest BCUT2D eigenvalue weighted by atomic mass is 32.2. The summed E-state index contributed by atoms with van der Waals surface area (Å²) in [5.74, 6) is 0.954. The molecule has 0 unspecified atom stereocenters. The second-order valence-corrected chi connectivity index (χ2v) is 8.33. The maximum Gasteiger partial charge on any atom is 0.238 e. The Labute approximate surface area is 158 Å². The number of fused-ring (bicyclic) bond motifs is 1. The lowest BCUT2D eigenvalue weighted by atomic mass is 10.2. The number of nitrogens with one attached hydrogen (secondary N) is 1. The maximum absolute atomic E-state index is 11.4. The van der Waals surface area contributed by atoms with Crippen LogP contribution in [0.4, 0.5) is 11.5 Å². The predicted molar refractivity (Wildman–Crippen MR) is 105 cm³/mol. The number of anilines is 2. The van der Waals surface area contributed by atoms with Crippen LogP contribution in [0.1, 0.15) is 18.4 Å². The second-order valence-electron chi connectivity index (χ2n) is 6.77. The summed E-state index contributed by atoms with van der Waals surface area (Å²) in [7, 11) is -1.79. The minimum Gasteiger partial charge on any atom is -0.380 e. The third-order valence-electron chi connectivity index (χ3n) is 4.86. The van der Waals surface area contributed by atoms with Gasteiger partial charge in [-0.3, -0.25) is 4.68 Å². The molecule has 1 saturated heterocycles. The van der Waals surface area contributed by atoms with E-state index in [-0.39, 0.29) is 4.90 Å². The molecule has 0 radical (unpaired) electrons. The van der Waals surface area contributed by atoms with E-state index in [4.69, 9.17) is 10.1 Å². The molecule has 8 nitrogen and oxygen atoms in total. The standard InChI is InChI=1S/C18H22N6O2S/c1-23-18-15(12-21-23)16(10-17(22-18)24-8-2-3-9-24)20-11-13-4-6-14(7-5-13)27(19,25)26/h4-7,10,12H,2-3,8-9,11H2,1H3,(H,20,22)(H2,19,25,26). The van der Waals surface area contributed by atoms with E-state index in [0.29, 0.717) is 6.54 Å². The van der Waals surface area contributed by atoms with E-state index >= 15 is 0 Å². The molecular formula is C18H22N6O2S. The first-order valence-electron chi connectivity index (χ1n) is 8.85. The number of hydrogen-bond donors (Lipinski definition) is 2. The van der Waals surface area contributed by atoms with Gasteiger partial charge in [0.1, 0.15) is 5.82 Å². The summed E-state index contributed by atoms with van der Waals surface area (Å²) < 4.78 is 24.5. The van der Waals surface area contributed by atoms with E-state index in [2.05, 4.69) is 21.4 Å². The van der Waals surface area contributed by atoms with Crippen LogP contribution < -0.4 is 15.4 Å². The van der Waals surface area contributed by atoms with Gasteiger partial charge in [0, 0.05) is 32.7 Å². The Morgan fingerprint density at radius 1 is 1.19 bits per heavy atom. The quantitative estimate of drug-likeness (QED) is 0.693. The van der Waals surface area contributed by atoms with Crippen molar-refractivity contribution >= 4 is 32.6 Å². The number of sulfonamides is 1. The summed E-state index contributed by atoms with van der Waals surface area (Å²) in [5, 5.41) is 13.9. The van der Waals surface area contributed by atoms with Crippen molar-refractivity contribution < 1.29 is 8.42 Å². The normalized spacial score (nSPS) is 14.8. The minimum absolute atomic E-state index is 0.112. The van der Waals surface area contributed by atoms with Crippen molar-refractivity contribution in [2.24, 2.45) is 12.2 Å². The van der Waals surface area contributed by atoms with Crippen LogP contribution in [0.3, 0.4) is 0 Å². The molecule has 3 N–H and O–H groups in total. The van der Waals surface area contributed by atoms with Gasteiger partial charge in [0.05, 0.1) is 22.2 Å². The maximum atomic E-state index is 11.4. The monoisotopic (exact) mass is 386 g/mol. The molecule has 0 amide bonds. The van der Waals surface area contributed by atoms with Crippen LogP contribution in [0.15, 0.2) is 41.4 Å². The van der Waals surface area contributed by atoms with Crippen LogP contribution in [-0.2, 0) is 23.6 Å². The predicted octanol–water partition coefficient (Wildman–Crippen LogP) is 1.83. The van der Waals surface area contributed by atoms with Crippen molar-refractivity contribution in [2.75, 3.05) is 23.3 Å². The Kier molecular flexibility index (Phi) is 4.48. The van der Waals surface area contributed by atoms with Gasteiger partial charge in [-0.1, -0.05) is 12.1 Å². The molecule has 0 aliphatic carbocycles. The lowest BCUT2D eigenvalue weighted by molar-refractivity contribution is 0.598. The fraction of sp³-hybridized carbons (Fsp3) is 0.333. The number of hydrogen-bond acceptors (Lipinski definition) is 6. The molecule has 142 valence electrons. The molecule has 3 aromatic rings. The number of aryl methyl sites for hydroxylation is 1. The number of nitrogens with zero attached hydrogens (tertiary/aromatic N) is 4. The molecular weight excluding hydrogens is 364 g/mol. The van der Waals surface area contributed by atoms with E-state index < -0.39 is 10.0 Å². The van der Waals surface area contributed by atoms with E-state index in [9.17, 15) is 8.42 Å². The molecule has 4 rings (SSSR count). The topological polar surface area (TPSA) is 106 Å². The third-order valence-corrected chi connectivity index (χ3v) is 5.79. The van der Waals surface area contributed by atoms with E-state index in [1.54, 1.807) is 16.8 Å². The molecule has 0 bridgehead atoms. The Morgan fingerprint density at radius 2 is 1.89 bits per heavy atom. The molecule has 3 heterocycles. The Morgan fingerprint density at radius 3 is 2.56 bits per heavy atom. The Balaban J connectivity index is 1.61. The Bertz CT molecular complexity index is 1070. The fourth-order valence-corrected chi connectivity index (χ4v) is 3.87. The molecule has 1 aromatic carbocycles. The number of pyridine rings is 1. The van der Waals surface area contributed by atoms with Crippen LogP contribution in [0.25, 0.3) is 11.0 Å². The lowest BCUT2D eigenvalue weighted by Gasteiger charge is -2.18. The molecule has 0 spiro atoms. The van der Waals surface area contributed by atoms with Crippen LogP contribution in [0, 0.1) is 0 Å². The number of aromatic nitrogens is 3. The summed E-state index contributed by atoms with van der Waals surface area (Å²) in [6, 6.07) is 8.63. The van der Waals surface area contributed by atoms with Gasteiger partial charge in [0.15, 0.2) is 5.65 Å². The first kappa shape index (κ1) is 17.7. The van der Waals surface area contributed by atoms with Crippen molar-refractivity contribution in [1.82, 2.24) is 14.8 Å². The van der Waals surface area contributed by atoms with Crippen LogP contribution in [0.2, 0.25) is 0 Å². The number of benzene rings is 1. The van der Waals surface area contributed by atoms with Crippen LogP contribution in [0.5, 0.6) is 0 Å². The number of rotatable bonds is 5. The smallest absolute Gasteiger partial charge is 0.238 e. The second kappa shape index (κ2) is 6.82. The van der Waals surface area contributed by atoms with Crippen molar-refractivity contribution in [3.8, 4) is 0 Å². The highest BCUT2D eigenvalue weighted by molar-refractivity contribution is 7.89. The van der Waals surface area contributed by atoms with Gasteiger partial charge in [-0.25, -0.2) is 18.5 Å².